The Morgan fingerprint density at radius 2 is 2.16 bits per heavy atom. The van der Waals surface area contributed by atoms with Gasteiger partial charge in [-0.25, -0.2) is 4.39 Å². The highest BCUT2D eigenvalue weighted by molar-refractivity contribution is 9.10. The molecule has 1 nitrogen and oxygen atoms in total. The van der Waals surface area contributed by atoms with Crippen LogP contribution in [0.15, 0.2) is 16.6 Å². The Morgan fingerprint density at radius 3 is 2.84 bits per heavy atom. The second kappa shape index (κ2) is 6.55. The Balaban J connectivity index is 2.18. The van der Waals surface area contributed by atoms with Crippen LogP contribution in [0, 0.1) is 11.7 Å². The summed E-state index contributed by atoms with van der Waals surface area (Å²) in [5.74, 6) is 0.545. The van der Waals surface area contributed by atoms with Gasteiger partial charge >= 0.3 is 0 Å². The summed E-state index contributed by atoms with van der Waals surface area (Å²) in [5.41, 5.74) is 0.779. The van der Waals surface area contributed by atoms with Gasteiger partial charge < -0.3 is 5.32 Å². The zero-order valence-electron chi connectivity index (χ0n) is 11.3. The van der Waals surface area contributed by atoms with E-state index in [1.807, 2.05) is 12.1 Å². The lowest BCUT2D eigenvalue weighted by Gasteiger charge is -2.22. The summed E-state index contributed by atoms with van der Waals surface area (Å²) in [7, 11) is 0. The molecule has 106 valence electrons. The zero-order valence-corrected chi connectivity index (χ0v) is 13.7. The lowest BCUT2D eigenvalue weighted by atomic mass is 9.88. The molecule has 0 spiro atoms. The van der Waals surface area contributed by atoms with Gasteiger partial charge in [0.1, 0.15) is 5.82 Å². The average Bonchev–Trinajstić information content (AvgIpc) is 2.82. The van der Waals surface area contributed by atoms with E-state index in [0.717, 1.165) is 24.9 Å². The van der Waals surface area contributed by atoms with E-state index in [4.69, 9.17) is 11.6 Å². The predicted molar refractivity (Wildman–Crippen MR) is 82.3 cm³/mol. The molecule has 1 aromatic carbocycles. The fourth-order valence-corrected chi connectivity index (χ4v) is 3.38. The van der Waals surface area contributed by atoms with Crippen LogP contribution < -0.4 is 5.32 Å². The topological polar surface area (TPSA) is 12.0 Å². The maximum Gasteiger partial charge on any atom is 0.146 e. The number of halogens is 3. The molecule has 2 rings (SSSR count). The standard InChI is InChI=1S/C15H20BrClFN/c1-9(2)19-8-10-4-3-5-11(10)12-6-7-13(16)14(17)15(12)18/h6-7,9-11,19H,3-5,8H2,1-2H3. The first-order valence-corrected chi connectivity index (χ1v) is 8.04. The van der Waals surface area contributed by atoms with Crippen LogP contribution in [-0.2, 0) is 0 Å². The van der Waals surface area contributed by atoms with Crippen LogP contribution in [0.4, 0.5) is 4.39 Å². The van der Waals surface area contributed by atoms with Crippen LogP contribution in [0.2, 0.25) is 5.02 Å². The minimum atomic E-state index is -0.252. The van der Waals surface area contributed by atoms with E-state index >= 15 is 0 Å². The lowest BCUT2D eigenvalue weighted by molar-refractivity contribution is 0.414. The normalized spacial score (nSPS) is 23.3. The molecule has 0 bridgehead atoms. The zero-order chi connectivity index (χ0) is 14.0. The SMILES string of the molecule is CC(C)NCC1CCCC1c1ccc(Br)c(Cl)c1F. The van der Waals surface area contributed by atoms with Gasteiger partial charge in [0.05, 0.1) is 5.02 Å². The van der Waals surface area contributed by atoms with Crippen molar-refractivity contribution in [2.24, 2.45) is 5.92 Å². The number of hydrogen-bond donors (Lipinski definition) is 1. The van der Waals surface area contributed by atoms with E-state index in [2.05, 4.69) is 35.1 Å². The van der Waals surface area contributed by atoms with Crippen molar-refractivity contribution in [2.45, 2.75) is 45.1 Å². The second-order valence-corrected chi connectivity index (χ2v) is 6.86. The Labute approximate surface area is 128 Å². The third-order valence-electron chi connectivity index (χ3n) is 3.91. The van der Waals surface area contributed by atoms with Gasteiger partial charge in [-0.2, -0.15) is 0 Å². The number of benzene rings is 1. The number of nitrogens with one attached hydrogen (secondary N) is 1. The molecule has 1 aliphatic carbocycles. The molecule has 0 amide bonds. The van der Waals surface area contributed by atoms with E-state index in [1.165, 1.54) is 6.42 Å². The third kappa shape index (κ3) is 3.50. The second-order valence-electron chi connectivity index (χ2n) is 5.63. The molecule has 0 saturated heterocycles. The molecular weight excluding hydrogens is 329 g/mol. The van der Waals surface area contributed by atoms with Crippen molar-refractivity contribution >= 4 is 27.5 Å². The minimum absolute atomic E-state index is 0.208. The summed E-state index contributed by atoms with van der Waals surface area (Å²) in [4.78, 5) is 0. The quantitative estimate of drug-likeness (QED) is 0.744. The molecule has 0 radical (unpaired) electrons. The predicted octanol–water partition coefficient (Wildman–Crippen LogP) is 5.12. The highest BCUT2D eigenvalue weighted by Gasteiger charge is 2.31. The summed E-state index contributed by atoms with van der Waals surface area (Å²) < 4.78 is 14.9. The Morgan fingerprint density at radius 1 is 1.42 bits per heavy atom. The first-order chi connectivity index (χ1) is 9.00. The molecule has 19 heavy (non-hydrogen) atoms. The molecule has 0 aromatic heterocycles. The summed E-state index contributed by atoms with van der Waals surface area (Å²) in [6.45, 7) is 5.23. The third-order valence-corrected chi connectivity index (χ3v) is 5.17. The Bertz CT molecular complexity index is 450. The van der Waals surface area contributed by atoms with Crippen molar-refractivity contribution in [3.8, 4) is 0 Å². The van der Waals surface area contributed by atoms with Crippen LogP contribution in [0.25, 0.3) is 0 Å². The molecule has 2 atom stereocenters. The smallest absolute Gasteiger partial charge is 0.146 e. The minimum Gasteiger partial charge on any atom is -0.314 e. The lowest BCUT2D eigenvalue weighted by Crippen LogP contribution is -2.30. The average molecular weight is 349 g/mol. The van der Waals surface area contributed by atoms with Gasteiger partial charge in [0.15, 0.2) is 0 Å². The van der Waals surface area contributed by atoms with E-state index in [-0.39, 0.29) is 16.8 Å². The molecule has 1 saturated carbocycles. The molecule has 1 N–H and O–H groups in total. The molecule has 0 aliphatic heterocycles. The summed E-state index contributed by atoms with van der Waals surface area (Å²) in [6, 6.07) is 4.20. The Hall–Kier alpha value is -0.120. The van der Waals surface area contributed by atoms with Crippen molar-refractivity contribution in [3.63, 3.8) is 0 Å². The number of hydrogen-bond acceptors (Lipinski definition) is 1. The van der Waals surface area contributed by atoms with Gasteiger partial charge in [0.25, 0.3) is 0 Å². The van der Waals surface area contributed by atoms with Crippen molar-refractivity contribution in [2.75, 3.05) is 6.54 Å². The van der Waals surface area contributed by atoms with Crippen LogP contribution in [0.5, 0.6) is 0 Å². The highest BCUT2D eigenvalue weighted by atomic mass is 79.9. The maximum absolute atomic E-state index is 14.3. The summed E-state index contributed by atoms with van der Waals surface area (Å²) in [5, 5.41) is 3.68. The van der Waals surface area contributed by atoms with Crippen LogP contribution in [0.3, 0.4) is 0 Å². The van der Waals surface area contributed by atoms with E-state index < -0.39 is 0 Å². The molecule has 2 unspecified atom stereocenters. The molecular formula is C15H20BrClFN. The number of rotatable bonds is 4. The fraction of sp³-hybridized carbons (Fsp3) is 0.600. The van der Waals surface area contributed by atoms with Gasteiger partial charge in [0.2, 0.25) is 0 Å². The monoisotopic (exact) mass is 347 g/mol. The van der Waals surface area contributed by atoms with Crippen molar-refractivity contribution in [1.29, 1.82) is 0 Å². The van der Waals surface area contributed by atoms with Crippen LogP contribution in [0.1, 0.15) is 44.6 Å². The van der Waals surface area contributed by atoms with E-state index in [1.54, 1.807) is 0 Å². The first-order valence-electron chi connectivity index (χ1n) is 6.87. The molecule has 4 heteroatoms. The molecule has 1 aliphatic rings. The van der Waals surface area contributed by atoms with Crippen molar-refractivity contribution in [3.05, 3.63) is 33.0 Å². The van der Waals surface area contributed by atoms with Gasteiger partial charge in [-0.1, -0.05) is 37.9 Å². The Kier molecular flexibility index (Phi) is 5.27. The molecule has 1 fully saturated rings. The van der Waals surface area contributed by atoms with Gasteiger partial charge in [-0.05, 0) is 58.8 Å². The largest absolute Gasteiger partial charge is 0.314 e. The van der Waals surface area contributed by atoms with Crippen molar-refractivity contribution < 1.29 is 4.39 Å². The fourth-order valence-electron chi connectivity index (χ4n) is 2.90. The van der Waals surface area contributed by atoms with Crippen LogP contribution in [-0.4, -0.2) is 12.6 Å². The van der Waals surface area contributed by atoms with Crippen molar-refractivity contribution in [1.82, 2.24) is 5.32 Å². The summed E-state index contributed by atoms with van der Waals surface area (Å²) in [6.07, 6.45) is 3.39. The van der Waals surface area contributed by atoms with Gasteiger partial charge in [-0.15, -0.1) is 0 Å². The molecule has 1 aromatic rings. The highest BCUT2D eigenvalue weighted by Crippen LogP contribution is 2.42. The van der Waals surface area contributed by atoms with Gasteiger partial charge in [0, 0.05) is 10.5 Å². The van der Waals surface area contributed by atoms with Gasteiger partial charge in [-0.3, -0.25) is 0 Å². The van der Waals surface area contributed by atoms with E-state index in [9.17, 15) is 4.39 Å². The molecule has 0 heterocycles. The van der Waals surface area contributed by atoms with E-state index in [0.29, 0.717) is 16.4 Å². The maximum atomic E-state index is 14.3. The van der Waals surface area contributed by atoms with Crippen LogP contribution >= 0.6 is 27.5 Å². The first kappa shape index (κ1) is 15.3. The summed E-state index contributed by atoms with van der Waals surface area (Å²) >= 11 is 9.27.